The van der Waals surface area contributed by atoms with Gasteiger partial charge < -0.3 is 15.0 Å². The third-order valence-electron chi connectivity index (χ3n) is 3.89. The fourth-order valence-corrected chi connectivity index (χ4v) is 2.64. The summed E-state index contributed by atoms with van der Waals surface area (Å²) in [6.45, 7) is 0.0810. The number of anilines is 1. The van der Waals surface area contributed by atoms with E-state index in [0.717, 1.165) is 10.9 Å². The van der Waals surface area contributed by atoms with Crippen molar-refractivity contribution in [2.75, 3.05) is 26.5 Å². The topological polar surface area (TPSA) is 76.5 Å². The molecule has 0 bridgehead atoms. The summed E-state index contributed by atoms with van der Waals surface area (Å²) in [5, 5.41) is 8.14. The Morgan fingerprint density at radius 3 is 2.65 bits per heavy atom. The predicted octanol–water partition coefficient (Wildman–Crippen LogP) is 2.39. The smallest absolute Gasteiger partial charge is 0.257 e. The highest BCUT2D eigenvalue weighted by Crippen LogP contribution is 2.23. The zero-order chi connectivity index (χ0) is 18.7. The maximum atomic E-state index is 12.3. The van der Waals surface area contributed by atoms with Gasteiger partial charge in [0, 0.05) is 31.4 Å². The lowest BCUT2D eigenvalue weighted by Gasteiger charge is -2.15. The first-order valence-corrected chi connectivity index (χ1v) is 8.09. The number of aromatic nitrogens is 2. The molecule has 0 radical (unpaired) electrons. The van der Waals surface area contributed by atoms with Gasteiger partial charge in [0.15, 0.2) is 0 Å². The van der Waals surface area contributed by atoms with Crippen LogP contribution in [-0.2, 0) is 11.3 Å². The highest BCUT2D eigenvalue weighted by molar-refractivity contribution is 5.99. The molecule has 2 aromatic carbocycles. The molecule has 26 heavy (non-hydrogen) atoms. The van der Waals surface area contributed by atoms with Gasteiger partial charge in [0.2, 0.25) is 5.91 Å². The highest BCUT2D eigenvalue weighted by Gasteiger charge is 2.16. The van der Waals surface area contributed by atoms with Crippen LogP contribution in [-0.4, -0.2) is 47.7 Å². The van der Waals surface area contributed by atoms with Gasteiger partial charge in [-0.15, -0.1) is 0 Å². The standard InChI is InChI=1S/C19H20N4O3/c1-22(2)19(25)15-10-14(8-9-17(15)26-3)20-18(24)12-23-11-13-6-4-5-7-16(13)21-23/h4-11H,12H2,1-3H3,(H,20,24). The van der Waals surface area contributed by atoms with E-state index in [1.807, 2.05) is 30.5 Å². The van der Waals surface area contributed by atoms with Crippen molar-refractivity contribution in [3.8, 4) is 5.75 Å². The van der Waals surface area contributed by atoms with Gasteiger partial charge in [0.1, 0.15) is 12.3 Å². The van der Waals surface area contributed by atoms with E-state index in [2.05, 4.69) is 10.4 Å². The zero-order valence-corrected chi connectivity index (χ0v) is 14.9. The lowest BCUT2D eigenvalue weighted by atomic mass is 10.1. The average molecular weight is 352 g/mol. The second-order valence-corrected chi connectivity index (χ2v) is 6.05. The zero-order valence-electron chi connectivity index (χ0n) is 14.9. The number of nitrogens with zero attached hydrogens (tertiary/aromatic N) is 3. The van der Waals surface area contributed by atoms with Crippen LogP contribution < -0.4 is 10.1 Å². The summed E-state index contributed by atoms with van der Waals surface area (Å²) in [5.74, 6) is 0.0301. The van der Waals surface area contributed by atoms with Crippen molar-refractivity contribution in [1.82, 2.24) is 14.7 Å². The molecule has 0 aliphatic rings. The Hall–Kier alpha value is -3.35. The van der Waals surface area contributed by atoms with Crippen molar-refractivity contribution >= 4 is 28.4 Å². The van der Waals surface area contributed by atoms with E-state index < -0.39 is 0 Å². The summed E-state index contributed by atoms with van der Waals surface area (Å²) >= 11 is 0. The molecule has 134 valence electrons. The maximum Gasteiger partial charge on any atom is 0.257 e. The van der Waals surface area contributed by atoms with E-state index in [4.69, 9.17) is 4.74 Å². The molecule has 0 saturated heterocycles. The average Bonchev–Trinajstić information content (AvgIpc) is 3.02. The summed E-state index contributed by atoms with van der Waals surface area (Å²) < 4.78 is 6.82. The molecule has 0 saturated carbocycles. The van der Waals surface area contributed by atoms with Crippen LogP contribution in [0, 0.1) is 0 Å². The van der Waals surface area contributed by atoms with E-state index in [9.17, 15) is 9.59 Å². The van der Waals surface area contributed by atoms with Crippen LogP contribution >= 0.6 is 0 Å². The predicted molar refractivity (Wildman–Crippen MR) is 99.4 cm³/mol. The van der Waals surface area contributed by atoms with Crippen LogP contribution in [0.4, 0.5) is 5.69 Å². The number of amides is 2. The Labute approximate surface area is 151 Å². The molecule has 0 aliphatic carbocycles. The minimum atomic E-state index is -0.230. The number of rotatable bonds is 5. The van der Waals surface area contributed by atoms with Gasteiger partial charge in [-0.25, -0.2) is 0 Å². The Bertz CT molecular complexity index is 929. The molecule has 0 fully saturated rings. The van der Waals surface area contributed by atoms with Crippen molar-refractivity contribution in [1.29, 1.82) is 0 Å². The number of hydrogen-bond acceptors (Lipinski definition) is 4. The summed E-state index contributed by atoms with van der Waals surface area (Å²) in [6.07, 6.45) is 1.82. The van der Waals surface area contributed by atoms with Crippen LogP contribution in [0.25, 0.3) is 10.9 Å². The number of carbonyl (C=O) groups excluding carboxylic acids is 2. The fraction of sp³-hybridized carbons (Fsp3) is 0.211. The van der Waals surface area contributed by atoms with Crippen molar-refractivity contribution in [2.45, 2.75) is 6.54 Å². The van der Waals surface area contributed by atoms with Gasteiger partial charge in [-0.05, 0) is 24.3 Å². The number of methoxy groups -OCH3 is 1. The number of ether oxygens (including phenoxy) is 1. The van der Waals surface area contributed by atoms with Crippen molar-refractivity contribution in [2.24, 2.45) is 0 Å². The minimum absolute atomic E-state index is 0.0810. The molecule has 0 aliphatic heterocycles. The van der Waals surface area contributed by atoms with E-state index >= 15 is 0 Å². The molecule has 7 heteroatoms. The monoisotopic (exact) mass is 352 g/mol. The fourth-order valence-electron chi connectivity index (χ4n) is 2.64. The second-order valence-electron chi connectivity index (χ2n) is 6.05. The van der Waals surface area contributed by atoms with E-state index in [1.54, 1.807) is 37.0 Å². The third-order valence-corrected chi connectivity index (χ3v) is 3.89. The minimum Gasteiger partial charge on any atom is -0.496 e. The molecule has 3 rings (SSSR count). The summed E-state index contributed by atoms with van der Waals surface area (Å²) in [6, 6.07) is 12.6. The summed E-state index contributed by atoms with van der Waals surface area (Å²) in [4.78, 5) is 26.1. The molecule has 1 aromatic heterocycles. The molecular weight excluding hydrogens is 332 g/mol. The van der Waals surface area contributed by atoms with Gasteiger partial charge in [0.05, 0.1) is 18.2 Å². The molecule has 2 amide bonds. The SMILES string of the molecule is COc1ccc(NC(=O)Cn2cc3ccccc3n2)cc1C(=O)N(C)C. The van der Waals surface area contributed by atoms with E-state index in [-0.39, 0.29) is 18.4 Å². The van der Waals surface area contributed by atoms with Crippen LogP contribution in [0.3, 0.4) is 0 Å². The van der Waals surface area contributed by atoms with E-state index in [1.165, 1.54) is 12.0 Å². The van der Waals surface area contributed by atoms with Gasteiger partial charge in [0.25, 0.3) is 5.91 Å². The van der Waals surface area contributed by atoms with Gasteiger partial charge in [-0.3, -0.25) is 14.3 Å². The Balaban J connectivity index is 1.76. The van der Waals surface area contributed by atoms with Crippen molar-refractivity contribution < 1.29 is 14.3 Å². The quantitative estimate of drug-likeness (QED) is 0.765. The molecule has 0 spiro atoms. The Morgan fingerprint density at radius 1 is 1.19 bits per heavy atom. The Morgan fingerprint density at radius 2 is 1.96 bits per heavy atom. The molecular formula is C19H20N4O3. The number of carbonyl (C=O) groups is 2. The van der Waals surface area contributed by atoms with Crippen LogP contribution in [0.15, 0.2) is 48.7 Å². The number of hydrogen-bond donors (Lipinski definition) is 1. The number of fused-ring (bicyclic) bond motifs is 1. The third kappa shape index (κ3) is 3.66. The normalized spacial score (nSPS) is 10.6. The second kappa shape index (κ2) is 7.26. The van der Waals surface area contributed by atoms with Crippen LogP contribution in [0.2, 0.25) is 0 Å². The van der Waals surface area contributed by atoms with Crippen LogP contribution in [0.5, 0.6) is 5.75 Å². The van der Waals surface area contributed by atoms with Gasteiger partial charge in [-0.1, -0.05) is 18.2 Å². The summed E-state index contributed by atoms with van der Waals surface area (Å²) in [5.41, 5.74) is 1.75. The first-order chi connectivity index (χ1) is 12.5. The lowest BCUT2D eigenvalue weighted by molar-refractivity contribution is -0.116. The molecule has 0 atom stereocenters. The first-order valence-electron chi connectivity index (χ1n) is 8.09. The molecule has 1 N–H and O–H groups in total. The number of nitrogens with one attached hydrogen (secondary N) is 1. The lowest BCUT2D eigenvalue weighted by Crippen LogP contribution is -2.23. The summed E-state index contributed by atoms with van der Waals surface area (Å²) in [7, 11) is 4.83. The molecule has 1 heterocycles. The molecule has 3 aromatic rings. The highest BCUT2D eigenvalue weighted by atomic mass is 16.5. The molecule has 7 nitrogen and oxygen atoms in total. The molecule has 0 unspecified atom stereocenters. The van der Waals surface area contributed by atoms with Gasteiger partial charge in [-0.2, -0.15) is 5.10 Å². The maximum absolute atomic E-state index is 12.3. The van der Waals surface area contributed by atoms with Crippen LogP contribution in [0.1, 0.15) is 10.4 Å². The number of benzene rings is 2. The Kier molecular flexibility index (Phi) is 4.88. The van der Waals surface area contributed by atoms with E-state index in [0.29, 0.717) is 17.0 Å². The van der Waals surface area contributed by atoms with Gasteiger partial charge >= 0.3 is 0 Å². The van der Waals surface area contributed by atoms with Crippen molar-refractivity contribution in [3.63, 3.8) is 0 Å². The first kappa shape index (κ1) is 17.5. The largest absolute Gasteiger partial charge is 0.496 e. The van der Waals surface area contributed by atoms with Crippen molar-refractivity contribution in [3.05, 3.63) is 54.2 Å².